The summed E-state index contributed by atoms with van der Waals surface area (Å²) < 4.78 is 0. The minimum absolute atomic E-state index is 0. The number of nitrogens with one attached hydrogen (secondary N) is 2. The lowest BCUT2D eigenvalue weighted by Gasteiger charge is -2.34. The second-order valence-corrected chi connectivity index (χ2v) is 4.98. The van der Waals surface area contributed by atoms with Crippen molar-refractivity contribution in [2.24, 2.45) is 5.92 Å². The van der Waals surface area contributed by atoms with Crippen molar-refractivity contribution >= 4 is 18.3 Å². The molecule has 5 heteroatoms. The predicted molar refractivity (Wildman–Crippen MR) is 71.5 cm³/mol. The lowest BCUT2D eigenvalue weighted by Crippen LogP contribution is -2.54. The average molecular weight is 262 g/mol. The van der Waals surface area contributed by atoms with E-state index >= 15 is 0 Å². The minimum Gasteiger partial charge on any atom is -0.353 e. The van der Waals surface area contributed by atoms with Gasteiger partial charge in [0.1, 0.15) is 0 Å². The molecule has 100 valence electrons. The molecule has 2 saturated heterocycles. The zero-order valence-corrected chi connectivity index (χ0v) is 11.4. The maximum Gasteiger partial charge on any atom is 0.225 e. The van der Waals surface area contributed by atoms with E-state index in [2.05, 4.69) is 22.5 Å². The summed E-state index contributed by atoms with van der Waals surface area (Å²) in [5.41, 5.74) is 0. The van der Waals surface area contributed by atoms with E-state index in [1.165, 1.54) is 13.0 Å². The third-order valence-corrected chi connectivity index (χ3v) is 3.63. The van der Waals surface area contributed by atoms with Crippen LogP contribution in [0.15, 0.2) is 0 Å². The van der Waals surface area contributed by atoms with Gasteiger partial charge in [-0.3, -0.25) is 4.79 Å². The monoisotopic (exact) mass is 261 g/mol. The Hall–Kier alpha value is -0.320. The van der Waals surface area contributed by atoms with Gasteiger partial charge in [0.2, 0.25) is 5.91 Å². The predicted octanol–water partition coefficient (Wildman–Crippen LogP) is 0.618. The number of amides is 1. The smallest absolute Gasteiger partial charge is 0.225 e. The zero-order chi connectivity index (χ0) is 11.4. The molecule has 1 amide bonds. The van der Waals surface area contributed by atoms with Crippen LogP contribution in [0.25, 0.3) is 0 Å². The molecule has 17 heavy (non-hydrogen) atoms. The molecule has 4 nitrogen and oxygen atoms in total. The molecular formula is C12H24ClN3O. The second kappa shape index (κ2) is 7.19. The van der Waals surface area contributed by atoms with Gasteiger partial charge in [-0.1, -0.05) is 6.92 Å². The highest BCUT2D eigenvalue weighted by atomic mass is 35.5. The second-order valence-electron chi connectivity index (χ2n) is 4.98. The molecule has 0 saturated carbocycles. The number of rotatable bonds is 4. The van der Waals surface area contributed by atoms with E-state index in [0.29, 0.717) is 6.04 Å². The van der Waals surface area contributed by atoms with Crippen molar-refractivity contribution in [3.8, 4) is 0 Å². The molecule has 0 aliphatic carbocycles. The van der Waals surface area contributed by atoms with Crippen LogP contribution in [0, 0.1) is 5.92 Å². The van der Waals surface area contributed by atoms with Crippen molar-refractivity contribution in [2.75, 3.05) is 32.7 Å². The van der Waals surface area contributed by atoms with Gasteiger partial charge in [0.25, 0.3) is 0 Å². The van der Waals surface area contributed by atoms with Crippen molar-refractivity contribution in [2.45, 2.75) is 32.2 Å². The van der Waals surface area contributed by atoms with Gasteiger partial charge < -0.3 is 15.5 Å². The third kappa shape index (κ3) is 4.12. The Balaban J connectivity index is 0.00000144. The van der Waals surface area contributed by atoms with Crippen molar-refractivity contribution in [3.05, 3.63) is 0 Å². The Morgan fingerprint density at radius 2 is 2.00 bits per heavy atom. The van der Waals surface area contributed by atoms with Gasteiger partial charge in [-0.25, -0.2) is 0 Å². The van der Waals surface area contributed by atoms with Crippen molar-refractivity contribution in [1.82, 2.24) is 15.5 Å². The lowest BCUT2D eigenvalue weighted by molar-refractivity contribution is -0.127. The van der Waals surface area contributed by atoms with Crippen molar-refractivity contribution in [1.29, 1.82) is 0 Å². The molecular weight excluding hydrogens is 238 g/mol. The van der Waals surface area contributed by atoms with Gasteiger partial charge in [-0.05, 0) is 25.8 Å². The van der Waals surface area contributed by atoms with Crippen LogP contribution in [-0.2, 0) is 4.79 Å². The van der Waals surface area contributed by atoms with E-state index in [4.69, 9.17) is 0 Å². The normalized spacial score (nSPS) is 22.6. The van der Waals surface area contributed by atoms with Crippen LogP contribution in [0.5, 0.6) is 0 Å². The average Bonchev–Trinajstić information content (AvgIpc) is 2.18. The van der Waals surface area contributed by atoms with Crippen LogP contribution in [0.4, 0.5) is 0 Å². The number of nitrogens with zero attached hydrogens (tertiary/aromatic N) is 1. The van der Waals surface area contributed by atoms with E-state index in [-0.39, 0.29) is 24.2 Å². The molecule has 0 bridgehead atoms. The number of carbonyl (C=O) groups is 1. The van der Waals surface area contributed by atoms with Crippen LogP contribution in [0.2, 0.25) is 0 Å². The summed E-state index contributed by atoms with van der Waals surface area (Å²) in [5.74, 6) is 0.487. The first-order valence-corrected chi connectivity index (χ1v) is 6.53. The molecule has 0 aromatic heterocycles. The van der Waals surface area contributed by atoms with Gasteiger partial charge in [0.15, 0.2) is 0 Å². The number of hydrogen-bond donors (Lipinski definition) is 2. The highest BCUT2D eigenvalue weighted by molar-refractivity contribution is 5.85. The zero-order valence-electron chi connectivity index (χ0n) is 10.6. The van der Waals surface area contributed by atoms with E-state index in [9.17, 15) is 4.79 Å². The Morgan fingerprint density at radius 1 is 1.35 bits per heavy atom. The molecule has 0 radical (unpaired) electrons. The molecule has 2 aliphatic rings. The number of likely N-dealkylation sites (tertiary alicyclic amines) is 1. The minimum atomic E-state index is 0. The van der Waals surface area contributed by atoms with E-state index in [0.717, 1.165) is 39.0 Å². The largest absolute Gasteiger partial charge is 0.353 e. The Morgan fingerprint density at radius 3 is 2.47 bits per heavy atom. The molecule has 2 aliphatic heterocycles. The molecule has 0 spiro atoms. The standard InChI is InChI=1S/C12H23N3O.ClH/c1-2-5-15-6-3-11(4-7-15)14-12(16)10-8-13-9-10;/h10-11,13H,2-9H2,1H3,(H,14,16);1H. The first-order chi connectivity index (χ1) is 7.79. The molecule has 2 rings (SSSR count). The summed E-state index contributed by atoms with van der Waals surface area (Å²) in [7, 11) is 0. The van der Waals surface area contributed by atoms with E-state index < -0.39 is 0 Å². The summed E-state index contributed by atoms with van der Waals surface area (Å²) in [6.45, 7) is 7.43. The summed E-state index contributed by atoms with van der Waals surface area (Å²) in [4.78, 5) is 14.2. The fraction of sp³-hybridized carbons (Fsp3) is 0.917. The maximum atomic E-state index is 11.7. The fourth-order valence-electron chi connectivity index (χ4n) is 2.41. The molecule has 2 fully saturated rings. The molecule has 0 aromatic rings. The van der Waals surface area contributed by atoms with Crippen LogP contribution < -0.4 is 10.6 Å². The number of halogens is 1. The SMILES string of the molecule is CCCN1CCC(NC(=O)C2CNC2)CC1.Cl. The molecule has 0 unspecified atom stereocenters. The highest BCUT2D eigenvalue weighted by Gasteiger charge is 2.27. The summed E-state index contributed by atoms with van der Waals surface area (Å²) >= 11 is 0. The maximum absolute atomic E-state index is 11.7. The molecule has 0 atom stereocenters. The van der Waals surface area contributed by atoms with Gasteiger partial charge >= 0.3 is 0 Å². The number of carbonyl (C=O) groups excluding carboxylic acids is 1. The Kier molecular flexibility index (Phi) is 6.23. The van der Waals surface area contributed by atoms with Crippen LogP contribution >= 0.6 is 12.4 Å². The molecule has 0 aromatic carbocycles. The van der Waals surface area contributed by atoms with Crippen LogP contribution in [0.3, 0.4) is 0 Å². The summed E-state index contributed by atoms with van der Waals surface area (Å²) in [5, 5.41) is 6.31. The van der Waals surface area contributed by atoms with Gasteiger partial charge in [-0.15, -0.1) is 12.4 Å². The van der Waals surface area contributed by atoms with Crippen LogP contribution in [0.1, 0.15) is 26.2 Å². The van der Waals surface area contributed by atoms with Gasteiger partial charge in [0.05, 0.1) is 5.92 Å². The third-order valence-electron chi connectivity index (χ3n) is 3.63. The van der Waals surface area contributed by atoms with Crippen molar-refractivity contribution < 1.29 is 4.79 Å². The van der Waals surface area contributed by atoms with Crippen LogP contribution in [-0.4, -0.2) is 49.6 Å². The number of hydrogen-bond acceptors (Lipinski definition) is 3. The van der Waals surface area contributed by atoms with E-state index in [1.807, 2.05) is 0 Å². The van der Waals surface area contributed by atoms with Gasteiger partial charge in [-0.2, -0.15) is 0 Å². The summed E-state index contributed by atoms with van der Waals surface area (Å²) in [6, 6.07) is 0.418. The lowest BCUT2D eigenvalue weighted by atomic mass is 9.99. The summed E-state index contributed by atoms with van der Waals surface area (Å²) in [6.07, 6.45) is 3.46. The van der Waals surface area contributed by atoms with Crippen molar-refractivity contribution in [3.63, 3.8) is 0 Å². The molecule has 2 heterocycles. The highest BCUT2D eigenvalue weighted by Crippen LogP contribution is 2.12. The first kappa shape index (κ1) is 14.7. The number of piperidine rings is 1. The fourth-order valence-corrected chi connectivity index (χ4v) is 2.41. The van der Waals surface area contributed by atoms with Gasteiger partial charge in [0, 0.05) is 32.2 Å². The Labute approximate surface area is 110 Å². The van der Waals surface area contributed by atoms with E-state index in [1.54, 1.807) is 0 Å². The molecule has 2 N–H and O–H groups in total. The first-order valence-electron chi connectivity index (χ1n) is 6.53. The Bertz CT molecular complexity index is 238. The topological polar surface area (TPSA) is 44.4 Å². The quantitative estimate of drug-likeness (QED) is 0.780.